The van der Waals surface area contributed by atoms with E-state index in [0.717, 1.165) is 85.0 Å². The SMILES string of the molecule is CCCCCCCCCCCCC/C=C/[C@@H](O)[C@H](CO[C@@H]1OC(CO)[C@@H](O[C@@H]2OC(CO)[C@H](O[C@@H]3OC(CO)[C@H](O)[C@H](O[C@@H]4OC(CO)[C@H](O)[C@H](O)C4O)C3NC(C)=O)[C@H](O[C@]3(C(=O)O)CC(O)[C@@H](NC(C)=O)C([C@H](O)[C@@H](CO)O[C@]4(C(=O)O)CC(O)[C@@H](NC(C)=O)C([C@H](O)[C@H](O)CO)O4)O3)C2O)[C@H](O)C1O)NC(=O)CCCCCCCCCCCCCCCCCCCCCCC. The Labute approximate surface area is 778 Å². The summed E-state index contributed by atoms with van der Waals surface area (Å²) in [5, 5.41) is 248. The van der Waals surface area contributed by atoms with Crippen LogP contribution in [0.3, 0.4) is 0 Å². The van der Waals surface area contributed by atoms with Crippen molar-refractivity contribution in [3.63, 3.8) is 0 Å². The third-order valence-corrected chi connectivity index (χ3v) is 25.6. The highest BCUT2D eigenvalue weighted by molar-refractivity contribution is 5.78. The molecule has 0 saturated carbocycles. The van der Waals surface area contributed by atoms with Gasteiger partial charge in [0.2, 0.25) is 23.6 Å². The van der Waals surface area contributed by atoms with E-state index in [1.165, 1.54) is 141 Å². The van der Waals surface area contributed by atoms with Gasteiger partial charge in [-0.2, -0.15) is 0 Å². The van der Waals surface area contributed by atoms with Gasteiger partial charge >= 0.3 is 11.9 Å². The highest BCUT2D eigenvalue weighted by Gasteiger charge is 2.64. The summed E-state index contributed by atoms with van der Waals surface area (Å²) in [6.45, 7) is -0.955. The summed E-state index contributed by atoms with van der Waals surface area (Å²) < 4.78 is 72.3. The summed E-state index contributed by atoms with van der Waals surface area (Å²) in [4.78, 5) is 80.5. The predicted molar refractivity (Wildman–Crippen MR) is 467 cm³/mol. The Morgan fingerprint density at radius 3 is 1.26 bits per heavy atom. The molecule has 0 bridgehead atoms. The van der Waals surface area contributed by atoms with Crippen LogP contribution >= 0.6 is 0 Å². The minimum atomic E-state index is -3.69. The second-order valence-corrected chi connectivity index (χ2v) is 36.4. The van der Waals surface area contributed by atoms with E-state index in [9.17, 15) is 136 Å². The Hall–Kier alpha value is -4.68. The quantitative estimate of drug-likeness (QED) is 0.0243. The number of ether oxygens (including phenoxy) is 12. The molecule has 0 radical (unpaired) electrons. The number of hydrogen-bond acceptors (Lipinski definition) is 37. The lowest BCUT2D eigenvalue weighted by molar-refractivity contribution is -0.404. The maximum atomic E-state index is 14.4. The van der Waals surface area contributed by atoms with Crippen LogP contribution in [0, 0.1) is 0 Å². The fraction of sp³-hybridized carbons (Fsp3) is 0.911. The zero-order valence-corrected chi connectivity index (χ0v) is 77.8. The van der Waals surface area contributed by atoms with Gasteiger partial charge in [0.05, 0.1) is 82.7 Å². The van der Waals surface area contributed by atoms with Gasteiger partial charge in [0.15, 0.2) is 25.2 Å². The van der Waals surface area contributed by atoms with E-state index in [0.29, 0.717) is 12.8 Å². The Balaban J connectivity index is 1.29. The van der Waals surface area contributed by atoms with E-state index in [2.05, 4.69) is 35.1 Å². The van der Waals surface area contributed by atoms with Crippen molar-refractivity contribution >= 4 is 35.6 Å². The number of carbonyl (C=O) groups excluding carboxylic acids is 4. The van der Waals surface area contributed by atoms with Gasteiger partial charge in [-0.1, -0.05) is 219 Å². The number of carboxylic acid groups (broad SMARTS) is 2. The van der Waals surface area contributed by atoms with Crippen LogP contribution in [-0.4, -0.2) is 396 Å². The zero-order chi connectivity index (χ0) is 98.1. The number of aliphatic hydroxyl groups excluding tert-OH is 19. The highest BCUT2D eigenvalue weighted by atomic mass is 16.8. The first-order chi connectivity index (χ1) is 63.6. The van der Waals surface area contributed by atoms with Crippen molar-refractivity contribution in [3.05, 3.63) is 12.2 Å². The molecular weight excluding hydrogens is 1760 g/mol. The molecule has 133 heavy (non-hydrogen) atoms. The number of carboxylic acids is 2. The summed E-state index contributed by atoms with van der Waals surface area (Å²) in [5.74, 6) is -15.0. The number of hydrogen-bond donors (Lipinski definition) is 25. The third-order valence-electron chi connectivity index (χ3n) is 25.6. The number of carbonyl (C=O) groups is 6. The molecule has 0 aromatic carbocycles. The molecule has 43 nitrogen and oxygen atoms in total. The summed E-state index contributed by atoms with van der Waals surface area (Å²) in [6, 6.07) is -7.15. The summed E-state index contributed by atoms with van der Waals surface area (Å²) >= 11 is 0. The van der Waals surface area contributed by atoms with Crippen LogP contribution in [0.2, 0.25) is 0 Å². The number of nitrogens with one attached hydrogen (secondary N) is 4. The molecule has 0 aromatic heterocycles. The van der Waals surface area contributed by atoms with Crippen molar-refractivity contribution in [3.8, 4) is 0 Å². The van der Waals surface area contributed by atoms with Gasteiger partial charge in [-0.25, -0.2) is 9.59 Å². The number of rotatable bonds is 65. The van der Waals surface area contributed by atoms with E-state index in [1.54, 1.807) is 6.08 Å². The second kappa shape index (κ2) is 61.1. The van der Waals surface area contributed by atoms with Crippen LogP contribution in [-0.2, 0) is 85.6 Å². The number of amides is 4. The van der Waals surface area contributed by atoms with Crippen molar-refractivity contribution < 1.29 is 193 Å². The molecule has 6 aliphatic heterocycles. The van der Waals surface area contributed by atoms with E-state index < -0.39 is 302 Å². The Morgan fingerprint density at radius 1 is 0.406 bits per heavy atom. The molecule has 774 valence electrons. The van der Waals surface area contributed by atoms with Crippen molar-refractivity contribution in [1.82, 2.24) is 21.3 Å². The predicted octanol–water partition coefficient (Wildman–Crippen LogP) is -1.53. The molecule has 4 amide bonds. The second-order valence-electron chi connectivity index (χ2n) is 36.4. The van der Waals surface area contributed by atoms with Crippen molar-refractivity contribution in [1.29, 1.82) is 0 Å². The van der Waals surface area contributed by atoms with Gasteiger partial charge in [-0.05, 0) is 19.3 Å². The van der Waals surface area contributed by atoms with Crippen LogP contribution in [0.4, 0.5) is 0 Å². The minimum absolute atomic E-state index is 0.0864. The van der Waals surface area contributed by atoms with Gasteiger partial charge in [0.25, 0.3) is 11.6 Å². The van der Waals surface area contributed by atoms with E-state index in [4.69, 9.17) is 56.8 Å². The highest BCUT2D eigenvalue weighted by Crippen LogP contribution is 2.43. The Morgan fingerprint density at radius 2 is 0.797 bits per heavy atom. The molecule has 6 saturated heterocycles. The summed E-state index contributed by atoms with van der Waals surface area (Å²) in [6.07, 6.45) is -23.9. The Kier molecular flexibility index (Phi) is 53.8. The smallest absolute Gasteiger partial charge is 0.364 e. The number of allylic oxidation sites excluding steroid dienone is 1. The zero-order valence-electron chi connectivity index (χ0n) is 77.8. The molecule has 6 aliphatic rings. The molecule has 0 aliphatic carbocycles. The lowest BCUT2D eigenvalue weighted by Gasteiger charge is -2.53. The van der Waals surface area contributed by atoms with Gasteiger partial charge in [0, 0.05) is 40.0 Å². The normalized spacial score (nSPS) is 34.1. The van der Waals surface area contributed by atoms with Crippen LogP contribution in [0.1, 0.15) is 266 Å². The van der Waals surface area contributed by atoms with E-state index in [1.807, 2.05) is 0 Å². The Bertz CT molecular complexity index is 3310. The van der Waals surface area contributed by atoms with Gasteiger partial charge in [-0.3, -0.25) is 19.2 Å². The third kappa shape index (κ3) is 35.8. The first-order valence-corrected chi connectivity index (χ1v) is 48.2. The van der Waals surface area contributed by atoms with Crippen LogP contribution in [0.5, 0.6) is 0 Å². The van der Waals surface area contributed by atoms with Gasteiger partial charge in [0.1, 0.15) is 134 Å². The molecule has 6 fully saturated rings. The maximum absolute atomic E-state index is 14.4. The van der Waals surface area contributed by atoms with Gasteiger partial charge in [-0.15, -0.1) is 0 Å². The van der Waals surface area contributed by atoms with Crippen LogP contribution in [0.25, 0.3) is 0 Å². The molecule has 6 heterocycles. The fourth-order valence-electron chi connectivity index (χ4n) is 18.0. The van der Waals surface area contributed by atoms with Crippen molar-refractivity contribution in [2.75, 3.05) is 46.2 Å². The first kappa shape index (κ1) is 117. The maximum Gasteiger partial charge on any atom is 0.364 e. The first-order valence-electron chi connectivity index (χ1n) is 48.2. The molecular formula is C90H160N4O39. The minimum Gasteiger partial charge on any atom is -0.477 e. The summed E-state index contributed by atoms with van der Waals surface area (Å²) in [5.41, 5.74) is 0. The average Bonchev–Trinajstić information content (AvgIpc) is 0.938. The monoisotopic (exact) mass is 1920 g/mol. The summed E-state index contributed by atoms with van der Waals surface area (Å²) in [7, 11) is 0. The molecule has 43 heteroatoms. The molecule has 25 N–H and O–H groups in total. The largest absolute Gasteiger partial charge is 0.477 e. The molecule has 0 spiro atoms. The van der Waals surface area contributed by atoms with Crippen LogP contribution < -0.4 is 21.3 Å². The van der Waals surface area contributed by atoms with Gasteiger partial charge < -0.3 is 185 Å². The topological polar surface area (TPSA) is 686 Å². The van der Waals surface area contributed by atoms with E-state index in [-0.39, 0.29) is 6.42 Å². The lowest BCUT2D eigenvalue weighted by atomic mass is 9.87. The molecule has 12 unspecified atom stereocenters. The van der Waals surface area contributed by atoms with Crippen molar-refractivity contribution in [2.45, 2.75) is 473 Å². The number of aliphatic hydroxyl groups is 19. The molecule has 0 aromatic rings. The lowest BCUT2D eigenvalue weighted by Crippen LogP contribution is -2.73. The van der Waals surface area contributed by atoms with Crippen molar-refractivity contribution in [2.24, 2.45) is 0 Å². The molecule has 6 rings (SSSR count). The fourth-order valence-corrected chi connectivity index (χ4v) is 18.0. The van der Waals surface area contributed by atoms with Crippen LogP contribution in [0.15, 0.2) is 12.2 Å². The standard InChI is InChI=1S/C90H160N4O39/c1-6-8-10-12-14-16-18-20-21-22-23-24-25-26-27-29-31-33-35-37-39-41-64(108)94-54(55(104)40-38-36-34-32-30-28-19-17-15-13-11-9-7-2)50-122-84-75(116)73(114)77(62(48-99)125-84)127-86-76(117)82(78(63(49-100)126-86)128-83-67(93-53(5)103)79(70(111)60(46-97)123-83)129-85-74(115)72(113)69(110)59(45-96)124-85)133-90(88(120)121)43-57(106)66(92-52(4)102)81(132-90)71(112)61(47-98)130-89(87(118)119)42-56(105)65(91-51(3)101)80(131-89)68(109)58(107)44-95/h38,40,54-63,65-86,95-100,104-107,109-117H,6-37,39,41-50H2,1-5H3,(H,91,101)(H,92,102)(H,93,103)(H,94,108)(H,118,119)(H,120,121)/b40-38+/t54-,55+,56?,57?,58+,59?,60?,61+,62?,63?,65+,66+,67?,68+,69-,70-,71+,72-,73+,74?,75?,76?,77+,78-,79+,80?,81?,82+,83-,84+,85-,86-,89+,90-/m0/s1. The van der Waals surface area contributed by atoms with E-state index >= 15 is 0 Å². The number of unbranched alkanes of at least 4 members (excludes halogenated alkanes) is 31. The molecule has 34 atom stereocenters. The average molecular weight is 1920 g/mol. The number of aliphatic carboxylic acids is 2.